The van der Waals surface area contributed by atoms with E-state index in [0.29, 0.717) is 19.1 Å². The Labute approximate surface area is 178 Å². The summed E-state index contributed by atoms with van der Waals surface area (Å²) in [5, 5.41) is 4.69. The molecule has 160 valence electrons. The highest BCUT2D eigenvalue weighted by molar-refractivity contribution is 5.92. The number of carbonyl (C=O) groups is 1. The van der Waals surface area contributed by atoms with Gasteiger partial charge in [-0.05, 0) is 45.3 Å². The number of rotatable bonds is 5. The van der Waals surface area contributed by atoms with E-state index in [1.807, 2.05) is 22.6 Å². The third kappa shape index (κ3) is 4.65. The molecule has 0 bridgehead atoms. The Hall–Kier alpha value is -2.44. The lowest BCUT2D eigenvalue weighted by molar-refractivity contribution is -0.131. The Morgan fingerprint density at radius 1 is 1.10 bits per heavy atom. The molecule has 0 saturated carbocycles. The van der Waals surface area contributed by atoms with Gasteiger partial charge in [0.15, 0.2) is 6.29 Å². The van der Waals surface area contributed by atoms with Gasteiger partial charge >= 0.3 is 0 Å². The number of amides is 1. The summed E-state index contributed by atoms with van der Waals surface area (Å²) in [6.07, 6.45) is 5.38. The van der Waals surface area contributed by atoms with Crippen LogP contribution in [0.5, 0.6) is 0 Å². The van der Waals surface area contributed by atoms with Gasteiger partial charge in [-0.3, -0.25) is 9.48 Å². The van der Waals surface area contributed by atoms with Crippen LogP contribution < -0.4 is 0 Å². The molecule has 0 radical (unpaired) electrons. The van der Waals surface area contributed by atoms with E-state index < -0.39 is 0 Å². The molecule has 6 heteroatoms. The summed E-state index contributed by atoms with van der Waals surface area (Å²) in [5.41, 5.74) is 5.51. The second-order valence-electron chi connectivity index (χ2n) is 8.33. The second kappa shape index (κ2) is 9.14. The molecular weight excluding hydrogens is 378 g/mol. The molecule has 1 aromatic carbocycles. The number of carbonyl (C=O) groups excluding carboxylic acids is 1. The number of aryl methyl sites for hydroxylation is 2. The van der Waals surface area contributed by atoms with Crippen LogP contribution in [0.1, 0.15) is 40.9 Å². The number of likely N-dealkylation sites (tertiary alicyclic amines) is 1. The molecule has 0 aliphatic carbocycles. The highest BCUT2D eigenvalue weighted by atomic mass is 16.7. The van der Waals surface area contributed by atoms with E-state index in [1.54, 1.807) is 6.08 Å². The molecular formula is C24H31N3O3. The van der Waals surface area contributed by atoms with Crippen LogP contribution in [0.2, 0.25) is 0 Å². The van der Waals surface area contributed by atoms with E-state index in [1.165, 1.54) is 11.1 Å². The summed E-state index contributed by atoms with van der Waals surface area (Å²) >= 11 is 0. The van der Waals surface area contributed by atoms with Crippen LogP contribution in [0.4, 0.5) is 0 Å². The smallest absolute Gasteiger partial charge is 0.246 e. The van der Waals surface area contributed by atoms with Gasteiger partial charge < -0.3 is 14.4 Å². The van der Waals surface area contributed by atoms with Gasteiger partial charge in [-0.2, -0.15) is 5.10 Å². The van der Waals surface area contributed by atoms with Crippen LogP contribution in [0.15, 0.2) is 30.3 Å². The molecule has 2 aliphatic rings. The largest absolute Gasteiger partial charge is 0.350 e. The molecule has 2 aliphatic heterocycles. The Morgan fingerprint density at radius 2 is 1.77 bits per heavy atom. The normalized spacial score (nSPS) is 18.6. The third-order valence-electron chi connectivity index (χ3n) is 6.17. The Morgan fingerprint density at radius 3 is 2.43 bits per heavy atom. The van der Waals surface area contributed by atoms with E-state index >= 15 is 0 Å². The van der Waals surface area contributed by atoms with Crippen LogP contribution in [0, 0.1) is 26.7 Å². The summed E-state index contributed by atoms with van der Waals surface area (Å²) in [4.78, 5) is 14.6. The van der Waals surface area contributed by atoms with Crippen molar-refractivity contribution in [2.24, 2.45) is 5.92 Å². The molecule has 6 nitrogen and oxygen atoms in total. The lowest BCUT2D eigenvalue weighted by Crippen LogP contribution is -2.40. The molecule has 4 rings (SSSR count). The fraction of sp³-hybridized carbons (Fsp3) is 0.500. The zero-order valence-electron chi connectivity index (χ0n) is 18.1. The average molecular weight is 410 g/mol. The van der Waals surface area contributed by atoms with E-state index in [4.69, 9.17) is 9.47 Å². The topological polar surface area (TPSA) is 56.6 Å². The molecule has 1 aromatic heterocycles. The first kappa shape index (κ1) is 20.8. The van der Waals surface area contributed by atoms with Crippen LogP contribution in [0.25, 0.3) is 6.08 Å². The van der Waals surface area contributed by atoms with Crippen molar-refractivity contribution in [3.05, 3.63) is 58.4 Å². The molecule has 0 atom stereocenters. The van der Waals surface area contributed by atoms with Crippen LogP contribution in [-0.4, -0.2) is 53.2 Å². The van der Waals surface area contributed by atoms with Crippen LogP contribution in [-0.2, 0) is 20.8 Å². The van der Waals surface area contributed by atoms with Crippen LogP contribution in [0.3, 0.4) is 0 Å². The summed E-state index contributed by atoms with van der Waals surface area (Å²) in [7, 11) is 0. The molecule has 0 N–H and O–H groups in total. The van der Waals surface area contributed by atoms with E-state index in [9.17, 15) is 4.79 Å². The first-order chi connectivity index (χ1) is 14.5. The molecule has 0 spiro atoms. The Kier molecular flexibility index (Phi) is 6.35. The maximum Gasteiger partial charge on any atom is 0.246 e. The summed E-state index contributed by atoms with van der Waals surface area (Å²) in [5.74, 6) is 0.455. The van der Waals surface area contributed by atoms with E-state index in [2.05, 4.69) is 43.2 Å². The number of benzene rings is 1. The van der Waals surface area contributed by atoms with Crippen molar-refractivity contribution >= 4 is 12.0 Å². The molecule has 2 fully saturated rings. The number of aromatic nitrogens is 2. The van der Waals surface area contributed by atoms with Crippen LogP contribution >= 0.6 is 0 Å². The zero-order valence-corrected chi connectivity index (χ0v) is 18.1. The molecule has 0 unspecified atom stereocenters. The monoisotopic (exact) mass is 409 g/mol. The zero-order chi connectivity index (χ0) is 21.1. The number of piperidine rings is 1. The second-order valence-corrected chi connectivity index (χ2v) is 8.33. The lowest BCUT2D eigenvalue weighted by atomic mass is 9.96. The maximum atomic E-state index is 12.7. The first-order valence-corrected chi connectivity index (χ1v) is 10.8. The van der Waals surface area contributed by atoms with Gasteiger partial charge in [0.05, 0.1) is 25.5 Å². The first-order valence-electron chi connectivity index (χ1n) is 10.8. The quantitative estimate of drug-likeness (QED) is 0.710. The van der Waals surface area contributed by atoms with Gasteiger partial charge in [0.25, 0.3) is 0 Å². The van der Waals surface area contributed by atoms with Crippen molar-refractivity contribution in [2.75, 3.05) is 26.3 Å². The van der Waals surface area contributed by atoms with Gasteiger partial charge in [0.2, 0.25) is 5.91 Å². The van der Waals surface area contributed by atoms with E-state index in [-0.39, 0.29) is 12.2 Å². The van der Waals surface area contributed by atoms with Crippen molar-refractivity contribution in [1.29, 1.82) is 0 Å². The SMILES string of the molecule is Cc1ccc(Cn2nc(C)c(/C=C/C(=O)N3CCC(C4OCCO4)CC3)c2C)cc1. The fourth-order valence-electron chi connectivity index (χ4n) is 4.27. The predicted octanol–water partition coefficient (Wildman–Crippen LogP) is 3.48. The summed E-state index contributed by atoms with van der Waals surface area (Å²) in [6, 6.07) is 8.51. The number of hydrogen-bond donors (Lipinski definition) is 0. The van der Waals surface area contributed by atoms with Gasteiger partial charge in [0.1, 0.15) is 0 Å². The minimum Gasteiger partial charge on any atom is -0.350 e. The summed E-state index contributed by atoms with van der Waals surface area (Å²) < 4.78 is 13.3. The predicted molar refractivity (Wildman–Crippen MR) is 116 cm³/mol. The average Bonchev–Trinajstić information content (AvgIpc) is 3.37. The van der Waals surface area contributed by atoms with Crippen molar-refractivity contribution in [3.8, 4) is 0 Å². The van der Waals surface area contributed by atoms with Gasteiger partial charge in [0, 0.05) is 36.3 Å². The minimum atomic E-state index is -0.0811. The standard InChI is InChI=1S/C24H31N3O3/c1-17-4-6-20(7-5-17)16-27-19(3)22(18(2)25-27)8-9-23(28)26-12-10-21(11-13-26)24-29-14-15-30-24/h4-9,21,24H,10-16H2,1-3H3/b9-8+. The maximum absolute atomic E-state index is 12.7. The number of hydrogen-bond acceptors (Lipinski definition) is 4. The van der Waals surface area contributed by atoms with Crippen molar-refractivity contribution in [3.63, 3.8) is 0 Å². The fourth-order valence-corrected chi connectivity index (χ4v) is 4.27. The lowest BCUT2D eigenvalue weighted by Gasteiger charge is -2.33. The molecule has 2 saturated heterocycles. The van der Waals surface area contributed by atoms with Gasteiger partial charge in [-0.25, -0.2) is 0 Å². The molecule has 2 aromatic rings. The van der Waals surface area contributed by atoms with E-state index in [0.717, 1.165) is 49.4 Å². The highest BCUT2D eigenvalue weighted by Crippen LogP contribution is 2.26. The molecule has 30 heavy (non-hydrogen) atoms. The third-order valence-corrected chi connectivity index (χ3v) is 6.17. The van der Waals surface area contributed by atoms with Crippen molar-refractivity contribution in [2.45, 2.75) is 46.4 Å². The summed E-state index contributed by atoms with van der Waals surface area (Å²) in [6.45, 7) is 9.75. The molecule has 3 heterocycles. The van der Waals surface area contributed by atoms with Gasteiger partial charge in [-0.1, -0.05) is 29.8 Å². The number of nitrogens with zero attached hydrogens (tertiary/aromatic N) is 3. The number of ether oxygens (including phenoxy) is 2. The highest BCUT2D eigenvalue weighted by Gasteiger charge is 2.31. The van der Waals surface area contributed by atoms with Gasteiger partial charge in [-0.15, -0.1) is 0 Å². The van der Waals surface area contributed by atoms with Crippen molar-refractivity contribution in [1.82, 2.24) is 14.7 Å². The minimum absolute atomic E-state index is 0.0618. The molecule has 1 amide bonds. The Bertz CT molecular complexity index is 903. The Balaban J connectivity index is 1.37. The van der Waals surface area contributed by atoms with Crippen molar-refractivity contribution < 1.29 is 14.3 Å².